The maximum atomic E-state index is 6.39. The fourth-order valence-electron chi connectivity index (χ4n) is 3.49. The number of hydrogen-bond acceptors (Lipinski definition) is 8. The summed E-state index contributed by atoms with van der Waals surface area (Å²) in [5.41, 5.74) is 30.6. The van der Waals surface area contributed by atoms with Gasteiger partial charge in [0.05, 0.1) is 11.4 Å². The highest BCUT2D eigenvalue weighted by atomic mass is 16.4. The van der Waals surface area contributed by atoms with E-state index in [2.05, 4.69) is 9.97 Å². The molecular weight excluding hydrogens is 356 g/mol. The number of hydrogen-bond donors (Lipinski definition) is 4. The fourth-order valence-corrected chi connectivity index (χ4v) is 3.49. The van der Waals surface area contributed by atoms with Crippen LogP contribution in [0.15, 0.2) is 57.4 Å². The minimum absolute atomic E-state index is 0.0745. The second-order valence-corrected chi connectivity index (χ2v) is 6.40. The van der Waals surface area contributed by atoms with Crippen molar-refractivity contribution in [1.29, 1.82) is 0 Å². The summed E-state index contributed by atoms with van der Waals surface area (Å²) in [6, 6.07) is 15.3. The summed E-state index contributed by atoms with van der Waals surface area (Å²) in [5, 5.41) is 0. The first kappa shape index (κ1) is 16.0. The van der Waals surface area contributed by atoms with Gasteiger partial charge in [0, 0.05) is 11.1 Å². The quantitative estimate of drug-likeness (QED) is 0.342. The van der Waals surface area contributed by atoms with Crippen molar-refractivity contribution in [2.24, 2.45) is 0 Å². The molecule has 138 valence electrons. The van der Waals surface area contributed by atoms with Gasteiger partial charge in [0.1, 0.15) is 11.0 Å². The first-order valence-electron chi connectivity index (χ1n) is 8.51. The van der Waals surface area contributed by atoms with Gasteiger partial charge < -0.3 is 31.8 Å². The Morgan fingerprint density at radius 3 is 1.39 bits per heavy atom. The molecule has 2 heterocycles. The van der Waals surface area contributed by atoms with Crippen molar-refractivity contribution in [2.45, 2.75) is 0 Å². The van der Waals surface area contributed by atoms with Crippen LogP contribution < -0.4 is 22.9 Å². The number of rotatable bonds is 2. The van der Waals surface area contributed by atoms with Crippen LogP contribution >= 0.6 is 0 Å². The highest BCUT2D eigenvalue weighted by molar-refractivity contribution is 6.03. The van der Waals surface area contributed by atoms with Crippen LogP contribution in [0.4, 0.5) is 23.4 Å². The van der Waals surface area contributed by atoms with E-state index in [9.17, 15) is 0 Å². The SMILES string of the molecule is Nc1nc2c(N)c(-c3ccccc3-c3ccc4oc(N)nc4c3N)ccc2o1. The number of nitrogens with zero attached hydrogens (tertiary/aromatic N) is 2. The van der Waals surface area contributed by atoms with E-state index in [0.29, 0.717) is 33.6 Å². The predicted molar refractivity (Wildman–Crippen MR) is 110 cm³/mol. The molecule has 0 aliphatic heterocycles. The van der Waals surface area contributed by atoms with Crippen LogP contribution in [-0.2, 0) is 0 Å². The molecule has 8 nitrogen and oxygen atoms in total. The van der Waals surface area contributed by atoms with E-state index in [-0.39, 0.29) is 12.0 Å². The number of nitrogen functional groups attached to an aromatic ring is 4. The number of fused-ring (bicyclic) bond motifs is 2. The summed E-state index contributed by atoms with van der Waals surface area (Å²) in [4.78, 5) is 8.38. The van der Waals surface area contributed by atoms with Gasteiger partial charge in [-0.3, -0.25) is 0 Å². The van der Waals surface area contributed by atoms with Gasteiger partial charge in [0.25, 0.3) is 12.0 Å². The van der Waals surface area contributed by atoms with Gasteiger partial charge in [-0.05, 0) is 35.4 Å². The minimum atomic E-state index is 0.0745. The van der Waals surface area contributed by atoms with E-state index in [0.717, 1.165) is 22.3 Å². The van der Waals surface area contributed by atoms with E-state index < -0.39 is 0 Å². The lowest BCUT2D eigenvalue weighted by Crippen LogP contribution is -1.96. The third kappa shape index (κ3) is 2.25. The fraction of sp³-hybridized carbons (Fsp3) is 0. The van der Waals surface area contributed by atoms with Gasteiger partial charge in [-0.25, -0.2) is 0 Å². The Morgan fingerprint density at radius 1 is 0.536 bits per heavy atom. The molecule has 3 aromatic carbocycles. The van der Waals surface area contributed by atoms with Crippen molar-refractivity contribution in [2.75, 3.05) is 22.9 Å². The first-order valence-corrected chi connectivity index (χ1v) is 8.51. The molecule has 0 radical (unpaired) electrons. The first-order chi connectivity index (χ1) is 13.5. The third-order valence-electron chi connectivity index (χ3n) is 4.74. The Morgan fingerprint density at radius 2 is 0.964 bits per heavy atom. The number of nitrogens with two attached hydrogens (primary N) is 4. The summed E-state index contributed by atoms with van der Waals surface area (Å²) in [7, 11) is 0. The Bertz CT molecular complexity index is 1260. The Kier molecular flexibility index (Phi) is 3.23. The lowest BCUT2D eigenvalue weighted by Gasteiger charge is -2.14. The van der Waals surface area contributed by atoms with Crippen molar-refractivity contribution in [1.82, 2.24) is 9.97 Å². The molecule has 0 saturated heterocycles. The number of anilines is 4. The normalized spacial score (nSPS) is 11.4. The van der Waals surface area contributed by atoms with Crippen LogP contribution in [0.25, 0.3) is 44.5 Å². The maximum absolute atomic E-state index is 6.39. The van der Waals surface area contributed by atoms with Crippen LogP contribution in [0, 0.1) is 0 Å². The molecule has 0 saturated carbocycles. The van der Waals surface area contributed by atoms with Gasteiger partial charge in [0.15, 0.2) is 11.2 Å². The molecule has 0 unspecified atom stereocenters. The van der Waals surface area contributed by atoms with Gasteiger partial charge in [-0.15, -0.1) is 0 Å². The number of benzene rings is 3. The molecule has 0 bridgehead atoms. The average Bonchev–Trinajstić information content (AvgIpc) is 3.25. The molecule has 0 spiro atoms. The van der Waals surface area contributed by atoms with E-state index in [4.69, 9.17) is 31.8 Å². The topological polar surface area (TPSA) is 156 Å². The predicted octanol–water partition coefficient (Wildman–Crippen LogP) is 3.63. The molecular formula is C20H16N6O2. The average molecular weight is 372 g/mol. The van der Waals surface area contributed by atoms with Crippen molar-refractivity contribution in [3.05, 3.63) is 48.5 Å². The van der Waals surface area contributed by atoms with Crippen molar-refractivity contribution in [3.8, 4) is 22.3 Å². The number of aromatic nitrogens is 2. The van der Waals surface area contributed by atoms with Gasteiger partial charge in [0.2, 0.25) is 0 Å². The van der Waals surface area contributed by atoms with Crippen molar-refractivity contribution in [3.63, 3.8) is 0 Å². The molecule has 5 aromatic rings. The third-order valence-corrected chi connectivity index (χ3v) is 4.74. The molecule has 8 N–H and O–H groups in total. The van der Waals surface area contributed by atoms with E-state index >= 15 is 0 Å². The summed E-state index contributed by atoms with van der Waals surface area (Å²) in [5.74, 6) is 0. The van der Waals surface area contributed by atoms with E-state index in [1.165, 1.54) is 0 Å². The smallest absolute Gasteiger partial charge is 0.293 e. The summed E-state index contributed by atoms with van der Waals surface area (Å²) < 4.78 is 10.7. The molecule has 0 aliphatic carbocycles. The maximum Gasteiger partial charge on any atom is 0.293 e. The monoisotopic (exact) mass is 372 g/mol. The van der Waals surface area contributed by atoms with Gasteiger partial charge in [-0.1, -0.05) is 24.3 Å². The molecule has 0 amide bonds. The molecule has 28 heavy (non-hydrogen) atoms. The molecule has 0 atom stereocenters. The zero-order chi connectivity index (χ0) is 19.4. The summed E-state index contributed by atoms with van der Waals surface area (Å²) in [6.07, 6.45) is 0. The molecule has 8 heteroatoms. The Balaban J connectivity index is 1.77. The van der Waals surface area contributed by atoms with Crippen LogP contribution in [0.5, 0.6) is 0 Å². The van der Waals surface area contributed by atoms with Crippen molar-refractivity contribution < 1.29 is 8.83 Å². The van der Waals surface area contributed by atoms with E-state index in [1.54, 1.807) is 12.1 Å². The minimum Gasteiger partial charge on any atom is -0.424 e. The zero-order valence-corrected chi connectivity index (χ0v) is 14.6. The van der Waals surface area contributed by atoms with Crippen LogP contribution in [0.3, 0.4) is 0 Å². The van der Waals surface area contributed by atoms with Gasteiger partial charge >= 0.3 is 0 Å². The van der Waals surface area contributed by atoms with Crippen LogP contribution in [0.1, 0.15) is 0 Å². The molecule has 0 fully saturated rings. The molecule has 5 rings (SSSR count). The van der Waals surface area contributed by atoms with Crippen LogP contribution in [0.2, 0.25) is 0 Å². The van der Waals surface area contributed by atoms with Crippen molar-refractivity contribution >= 4 is 45.6 Å². The van der Waals surface area contributed by atoms with E-state index in [1.807, 2.05) is 36.4 Å². The summed E-state index contributed by atoms with van der Waals surface area (Å²) >= 11 is 0. The Hall–Kier alpha value is -4.20. The number of oxazole rings is 2. The lowest BCUT2D eigenvalue weighted by atomic mass is 9.92. The second-order valence-electron chi connectivity index (χ2n) is 6.40. The molecule has 0 aliphatic rings. The molecule has 2 aromatic heterocycles. The van der Waals surface area contributed by atoms with Gasteiger partial charge in [-0.2, -0.15) is 9.97 Å². The highest BCUT2D eigenvalue weighted by Crippen LogP contribution is 2.41. The second kappa shape index (κ2) is 5.65. The zero-order valence-electron chi connectivity index (χ0n) is 14.6. The highest BCUT2D eigenvalue weighted by Gasteiger charge is 2.18. The Labute approximate surface area is 158 Å². The lowest BCUT2D eigenvalue weighted by molar-refractivity contribution is 0.626. The largest absolute Gasteiger partial charge is 0.424 e. The summed E-state index contributed by atoms with van der Waals surface area (Å²) in [6.45, 7) is 0. The van der Waals surface area contributed by atoms with Crippen LogP contribution in [-0.4, -0.2) is 9.97 Å². The standard InChI is InChI=1S/C20H16N6O2/c21-15-11(5-7-13-17(15)25-19(23)27-13)9-3-1-2-4-10(9)12-6-8-14-18(16(12)22)26-20(24)28-14/h1-8H,21-22H2,(H2,23,25)(H2,24,26).